The zero-order valence-electron chi connectivity index (χ0n) is 7.47. The molecule has 0 amide bonds. The second-order valence-electron chi connectivity index (χ2n) is 0.983. The largest absolute Gasteiger partial charge is 2.00 e. The van der Waals surface area contributed by atoms with Crippen molar-refractivity contribution in [1.29, 1.82) is 0 Å². The summed E-state index contributed by atoms with van der Waals surface area (Å²) < 4.78 is 0. The van der Waals surface area contributed by atoms with Crippen LogP contribution >= 0.6 is 0 Å². The van der Waals surface area contributed by atoms with Crippen molar-refractivity contribution in [2.45, 2.75) is 13.8 Å². The average Bonchev–Trinajstić information content (AvgIpc) is 1.25. The molecule has 0 aliphatic heterocycles. The number of carbonyl (C=O) groups excluding carboxylic acids is 2. The van der Waals surface area contributed by atoms with Gasteiger partial charge in [-0.3, -0.25) is 0 Å². The molecule has 0 bridgehead atoms. The van der Waals surface area contributed by atoms with Gasteiger partial charge in [-0.05, 0) is 13.8 Å². The minimum absolute atomic E-state index is 0. The van der Waals surface area contributed by atoms with Crippen molar-refractivity contribution in [1.82, 2.24) is 0 Å². The van der Waals surface area contributed by atoms with Gasteiger partial charge in [0.1, 0.15) is 0 Å². The van der Waals surface area contributed by atoms with E-state index in [0.29, 0.717) is 0 Å². The third-order valence-corrected chi connectivity index (χ3v) is 0. The van der Waals surface area contributed by atoms with Crippen molar-refractivity contribution < 1.29 is 64.0 Å². The Balaban J connectivity index is -0.00000000600. The number of carboxylic acid groups (broad SMARTS) is 2. The van der Waals surface area contributed by atoms with E-state index in [-0.39, 0.29) is 44.2 Å². The first-order chi connectivity index (χ1) is 3.46. The molecule has 10 heteroatoms. The van der Waals surface area contributed by atoms with Gasteiger partial charge in [-0.2, -0.15) is 0 Å². The maximum atomic E-state index is 8.89. The molecule has 1 radical (unpaired) electrons. The number of hydrogen-bond acceptors (Lipinski definition) is 4. The molecule has 0 aromatic rings. The Bertz CT molecular complexity index is 74.8. The fourth-order valence-corrected chi connectivity index (χ4v) is 0. The standard InChI is InChI=1S/2C2H4O2.Co.5H2O/c2*1-2(3)4;;;;;;/h2*1H3,(H,3,4);;5*1H2/q;;+2;;;;;/p-2. The Morgan fingerprint density at radius 1 is 0.714 bits per heavy atom. The summed E-state index contributed by atoms with van der Waals surface area (Å²) in [5.74, 6) is -2.17. The third-order valence-electron chi connectivity index (χ3n) is 0. The van der Waals surface area contributed by atoms with Crippen LogP contribution in [0.2, 0.25) is 0 Å². The Morgan fingerprint density at radius 2 is 0.714 bits per heavy atom. The summed E-state index contributed by atoms with van der Waals surface area (Å²) in [4.78, 5) is 17.8. The van der Waals surface area contributed by atoms with Gasteiger partial charge in [0.05, 0.1) is 0 Å². The summed E-state index contributed by atoms with van der Waals surface area (Å²) in [6, 6.07) is 0. The summed E-state index contributed by atoms with van der Waals surface area (Å²) in [5, 5.41) is 17.8. The van der Waals surface area contributed by atoms with Gasteiger partial charge in [0, 0.05) is 11.9 Å². The van der Waals surface area contributed by atoms with E-state index in [4.69, 9.17) is 19.8 Å². The minimum Gasteiger partial charge on any atom is -0.550 e. The normalized spacial score (nSPS) is 3.57. The van der Waals surface area contributed by atoms with Crippen molar-refractivity contribution in [3.05, 3.63) is 0 Å². The molecule has 0 fully saturated rings. The fraction of sp³-hybridized carbons (Fsp3) is 0.500. The number of rotatable bonds is 0. The third kappa shape index (κ3) is 2080. The predicted octanol–water partition coefficient (Wildman–Crippen LogP) is -6.61. The number of aliphatic carboxylic acids is 2. The molecule has 95 valence electrons. The quantitative estimate of drug-likeness (QED) is 0.415. The van der Waals surface area contributed by atoms with E-state index in [0.717, 1.165) is 13.8 Å². The van der Waals surface area contributed by atoms with E-state index in [2.05, 4.69) is 0 Å². The molecule has 0 rings (SSSR count). The molecular weight excluding hydrogens is 251 g/mol. The first-order valence-electron chi connectivity index (χ1n) is 1.82. The molecule has 0 saturated heterocycles. The Morgan fingerprint density at radius 3 is 0.714 bits per heavy atom. The summed E-state index contributed by atoms with van der Waals surface area (Å²) in [7, 11) is 0. The van der Waals surface area contributed by atoms with E-state index in [1.165, 1.54) is 0 Å². The summed E-state index contributed by atoms with van der Waals surface area (Å²) in [6.07, 6.45) is 0. The molecular formula is C4H16CoO9. The monoisotopic (exact) mass is 267 g/mol. The van der Waals surface area contributed by atoms with Crippen molar-refractivity contribution in [2.24, 2.45) is 0 Å². The molecule has 0 atom stereocenters. The van der Waals surface area contributed by atoms with Gasteiger partial charge in [0.25, 0.3) is 0 Å². The molecule has 0 heterocycles. The fourth-order valence-electron chi connectivity index (χ4n) is 0. The molecule has 0 aliphatic carbocycles. The molecule has 0 unspecified atom stereocenters. The van der Waals surface area contributed by atoms with Crippen LogP contribution in [0.25, 0.3) is 0 Å². The second kappa shape index (κ2) is 56.3. The minimum atomic E-state index is -1.08. The van der Waals surface area contributed by atoms with Crippen molar-refractivity contribution in [2.75, 3.05) is 0 Å². The van der Waals surface area contributed by atoms with Gasteiger partial charge in [0.2, 0.25) is 0 Å². The molecule has 10 N–H and O–H groups in total. The average molecular weight is 267 g/mol. The first-order valence-corrected chi connectivity index (χ1v) is 1.82. The van der Waals surface area contributed by atoms with Crippen LogP contribution in [0, 0.1) is 0 Å². The maximum absolute atomic E-state index is 8.89. The number of hydrogen-bond donors (Lipinski definition) is 0. The zero-order valence-corrected chi connectivity index (χ0v) is 8.51. The maximum Gasteiger partial charge on any atom is 2.00 e. The Kier molecular flexibility index (Phi) is 290. The van der Waals surface area contributed by atoms with E-state index < -0.39 is 11.9 Å². The van der Waals surface area contributed by atoms with Crippen LogP contribution < -0.4 is 10.2 Å². The van der Waals surface area contributed by atoms with Crippen molar-refractivity contribution in [3.63, 3.8) is 0 Å². The predicted molar refractivity (Wildman–Crippen MR) is 39.4 cm³/mol. The molecule has 0 aromatic carbocycles. The molecule has 0 aliphatic rings. The molecule has 0 spiro atoms. The number of carbonyl (C=O) groups is 2. The summed E-state index contributed by atoms with van der Waals surface area (Å²) in [6.45, 7) is 1.94. The van der Waals surface area contributed by atoms with Crippen LogP contribution in [0.1, 0.15) is 13.8 Å². The van der Waals surface area contributed by atoms with E-state index in [1.807, 2.05) is 0 Å². The summed E-state index contributed by atoms with van der Waals surface area (Å²) >= 11 is 0. The van der Waals surface area contributed by atoms with Crippen LogP contribution in [0.15, 0.2) is 0 Å². The first kappa shape index (κ1) is 72.2. The van der Waals surface area contributed by atoms with Gasteiger partial charge < -0.3 is 47.2 Å². The van der Waals surface area contributed by atoms with Crippen LogP contribution in [0.4, 0.5) is 0 Å². The van der Waals surface area contributed by atoms with Crippen molar-refractivity contribution >= 4 is 11.9 Å². The molecule has 0 aromatic heterocycles. The van der Waals surface area contributed by atoms with Gasteiger partial charge >= 0.3 is 16.8 Å². The summed E-state index contributed by atoms with van der Waals surface area (Å²) in [5.41, 5.74) is 0. The van der Waals surface area contributed by atoms with E-state index in [9.17, 15) is 0 Å². The van der Waals surface area contributed by atoms with Crippen LogP contribution in [-0.4, -0.2) is 39.3 Å². The topological polar surface area (TPSA) is 238 Å². The van der Waals surface area contributed by atoms with Crippen LogP contribution in [0.5, 0.6) is 0 Å². The van der Waals surface area contributed by atoms with E-state index >= 15 is 0 Å². The molecule has 14 heavy (non-hydrogen) atoms. The van der Waals surface area contributed by atoms with Gasteiger partial charge in [-0.1, -0.05) is 0 Å². The SMILES string of the molecule is CC(=O)[O-].CC(=O)[O-].O.O.O.O.O.[Co+2]. The van der Waals surface area contributed by atoms with E-state index in [1.54, 1.807) is 0 Å². The zero-order chi connectivity index (χ0) is 7.15. The second-order valence-corrected chi connectivity index (χ2v) is 0.983. The number of carboxylic acids is 2. The van der Waals surface area contributed by atoms with Gasteiger partial charge in [0.15, 0.2) is 0 Å². The Labute approximate surface area is 90.5 Å². The molecule has 0 saturated carbocycles. The van der Waals surface area contributed by atoms with Crippen LogP contribution in [0.3, 0.4) is 0 Å². The van der Waals surface area contributed by atoms with Gasteiger partial charge in [-0.25, -0.2) is 0 Å². The van der Waals surface area contributed by atoms with Crippen molar-refractivity contribution in [3.8, 4) is 0 Å². The Hall–Kier alpha value is -0.754. The van der Waals surface area contributed by atoms with Crippen LogP contribution in [-0.2, 0) is 26.4 Å². The van der Waals surface area contributed by atoms with Gasteiger partial charge in [-0.15, -0.1) is 0 Å². The smallest absolute Gasteiger partial charge is 0.550 e. The molecule has 9 nitrogen and oxygen atoms in total.